The lowest BCUT2D eigenvalue weighted by Crippen LogP contribution is -2.37. The van der Waals surface area contributed by atoms with Gasteiger partial charge >= 0.3 is 0 Å². The van der Waals surface area contributed by atoms with E-state index in [1.807, 2.05) is 54.6 Å². The molecule has 0 heterocycles. The van der Waals surface area contributed by atoms with E-state index in [0.717, 1.165) is 29.9 Å². The normalized spacial score (nSPS) is 26.4. The molecule has 3 atom stereocenters. The molecule has 0 aromatic heterocycles. The van der Waals surface area contributed by atoms with Gasteiger partial charge in [0, 0.05) is 0 Å². The molecule has 164 valence electrons. The van der Waals surface area contributed by atoms with Crippen LogP contribution < -0.4 is 14.2 Å². The Labute approximate surface area is 184 Å². The molecule has 5 heteroatoms. The standard InChI is InChI=1S/C26H30O5/c1-25(2)22-13-14-26(25,15-16-30-21-11-9-20(29-4)10-12-21)24(27)23(22)31-17-18-5-7-19(28-3)8-6-18/h5-12,15-16,22-23H,13-14,17H2,1-4H3/b16-15-/t22?,23-,26?/m1/s1. The van der Waals surface area contributed by atoms with Crippen LogP contribution in [0.15, 0.2) is 60.9 Å². The van der Waals surface area contributed by atoms with Crippen molar-refractivity contribution in [2.45, 2.75) is 39.4 Å². The summed E-state index contributed by atoms with van der Waals surface area (Å²) in [6.45, 7) is 4.77. The minimum Gasteiger partial charge on any atom is -0.497 e. The summed E-state index contributed by atoms with van der Waals surface area (Å²) < 4.78 is 22.4. The first kappa shape index (κ1) is 21.4. The number of methoxy groups -OCH3 is 2. The number of carbonyl (C=O) groups excluding carboxylic acids is 1. The second-order valence-corrected chi connectivity index (χ2v) is 8.88. The molecule has 2 bridgehead atoms. The molecule has 5 nitrogen and oxygen atoms in total. The van der Waals surface area contributed by atoms with Crippen molar-refractivity contribution in [2.75, 3.05) is 14.2 Å². The van der Waals surface area contributed by atoms with Crippen molar-refractivity contribution in [1.29, 1.82) is 0 Å². The Balaban J connectivity index is 1.46. The quantitative estimate of drug-likeness (QED) is 0.548. The zero-order valence-electron chi connectivity index (χ0n) is 18.6. The van der Waals surface area contributed by atoms with Crippen molar-refractivity contribution >= 4 is 5.78 Å². The Bertz CT molecular complexity index is 945. The van der Waals surface area contributed by atoms with Gasteiger partial charge in [0.1, 0.15) is 23.4 Å². The highest BCUT2D eigenvalue weighted by Gasteiger charge is 2.68. The second-order valence-electron chi connectivity index (χ2n) is 8.88. The molecule has 0 aliphatic heterocycles. The second kappa shape index (κ2) is 8.39. The molecule has 2 saturated carbocycles. The van der Waals surface area contributed by atoms with Crippen molar-refractivity contribution in [3.63, 3.8) is 0 Å². The molecule has 2 aromatic carbocycles. The largest absolute Gasteiger partial charge is 0.497 e. The van der Waals surface area contributed by atoms with E-state index in [-0.39, 0.29) is 17.1 Å². The Morgan fingerprint density at radius 3 is 2.13 bits per heavy atom. The number of allylic oxidation sites excluding steroid dienone is 1. The van der Waals surface area contributed by atoms with Gasteiger partial charge in [-0.05, 0) is 72.2 Å². The first-order valence-electron chi connectivity index (χ1n) is 10.7. The van der Waals surface area contributed by atoms with Gasteiger partial charge in [-0.2, -0.15) is 0 Å². The molecule has 0 saturated heterocycles. The summed E-state index contributed by atoms with van der Waals surface area (Å²) in [5.74, 6) is 2.65. The molecule has 31 heavy (non-hydrogen) atoms. The molecule has 2 fully saturated rings. The molecular weight excluding hydrogens is 392 g/mol. The van der Waals surface area contributed by atoms with Crippen molar-refractivity contribution in [3.8, 4) is 17.2 Å². The maximum absolute atomic E-state index is 13.5. The van der Waals surface area contributed by atoms with Gasteiger partial charge in [0.15, 0.2) is 5.78 Å². The number of hydrogen-bond donors (Lipinski definition) is 0. The van der Waals surface area contributed by atoms with Gasteiger partial charge in [0.25, 0.3) is 0 Å². The van der Waals surface area contributed by atoms with Crippen LogP contribution in [0.5, 0.6) is 17.2 Å². The van der Waals surface area contributed by atoms with E-state index in [0.29, 0.717) is 12.4 Å². The van der Waals surface area contributed by atoms with E-state index in [2.05, 4.69) is 13.8 Å². The van der Waals surface area contributed by atoms with Gasteiger partial charge in [0.2, 0.25) is 0 Å². The Hall–Kier alpha value is -2.79. The summed E-state index contributed by atoms with van der Waals surface area (Å²) in [5.41, 5.74) is 0.282. The monoisotopic (exact) mass is 422 g/mol. The Morgan fingerprint density at radius 2 is 1.52 bits per heavy atom. The molecule has 4 rings (SSSR count). The van der Waals surface area contributed by atoms with Gasteiger partial charge in [0.05, 0.1) is 32.5 Å². The van der Waals surface area contributed by atoms with Crippen LogP contribution in [0.4, 0.5) is 0 Å². The van der Waals surface area contributed by atoms with Crippen molar-refractivity contribution < 1.29 is 23.7 Å². The van der Waals surface area contributed by atoms with Gasteiger partial charge in [-0.15, -0.1) is 0 Å². The van der Waals surface area contributed by atoms with Crippen LogP contribution in [0, 0.1) is 16.7 Å². The minimum absolute atomic E-state index is 0.164. The first-order valence-corrected chi connectivity index (χ1v) is 10.7. The summed E-state index contributed by atoms with van der Waals surface area (Å²) in [6.07, 6.45) is 5.02. The van der Waals surface area contributed by atoms with E-state index in [9.17, 15) is 4.79 Å². The molecule has 2 aliphatic carbocycles. The lowest BCUT2D eigenvalue weighted by atomic mass is 9.69. The zero-order valence-corrected chi connectivity index (χ0v) is 18.6. The lowest BCUT2D eigenvalue weighted by molar-refractivity contribution is -0.138. The van der Waals surface area contributed by atoms with Crippen LogP contribution in [-0.4, -0.2) is 26.1 Å². The third kappa shape index (κ3) is 3.72. The van der Waals surface area contributed by atoms with Crippen LogP contribution in [0.2, 0.25) is 0 Å². The van der Waals surface area contributed by atoms with E-state index < -0.39 is 11.5 Å². The highest BCUT2D eigenvalue weighted by molar-refractivity contribution is 5.95. The summed E-state index contributed by atoms with van der Waals surface area (Å²) in [7, 11) is 3.28. The van der Waals surface area contributed by atoms with E-state index in [1.165, 1.54) is 0 Å². The third-order valence-corrected chi connectivity index (χ3v) is 7.19. The molecule has 0 amide bonds. The number of carbonyl (C=O) groups is 1. The maximum Gasteiger partial charge on any atom is 0.172 e. The minimum atomic E-state index is -0.561. The fourth-order valence-electron chi connectivity index (χ4n) is 5.17. The SMILES string of the molecule is COc1ccc(CO[C@H]2C(=O)C3(/C=C\Oc4ccc(OC)cc4)CCC2C3(C)C)cc1. The average molecular weight is 423 g/mol. The molecule has 0 spiro atoms. The summed E-state index contributed by atoms with van der Waals surface area (Å²) in [5, 5.41) is 0. The number of fused-ring (bicyclic) bond motifs is 2. The fraction of sp³-hybridized carbons (Fsp3) is 0.423. The smallest absolute Gasteiger partial charge is 0.172 e. The van der Waals surface area contributed by atoms with Gasteiger partial charge in [-0.25, -0.2) is 0 Å². The van der Waals surface area contributed by atoms with Gasteiger partial charge in [-0.3, -0.25) is 4.79 Å². The zero-order chi connectivity index (χ0) is 22.1. The van der Waals surface area contributed by atoms with E-state index in [1.54, 1.807) is 20.5 Å². The Morgan fingerprint density at radius 1 is 0.935 bits per heavy atom. The van der Waals surface area contributed by atoms with Gasteiger partial charge < -0.3 is 18.9 Å². The average Bonchev–Trinajstić information content (AvgIpc) is 3.13. The number of rotatable bonds is 8. The number of hydrogen-bond acceptors (Lipinski definition) is 5. The molecule has 0 N–H and O–H groups in total. The van der Waals surface area contributed by atoms with Crippen molar-refractivity contribution in [2.24, 2.45) is 16.7 Å². The number of Topliss-reactive ketones (excluding diaryl/α,β-unsaturated/α-hetero) is 1. The molecular formula is C26H30O5. The maximum atomic E-state index is 13.5. The fourth-order valence-corrected chi connectivity index (χ4v) is 5.17. The topological polar surface area (TPSA) is 54.0 Å². The number of ether oxygens (including phenoxy) is 4. The van der Waals surface area contributed by atoms with Crippen LogP contribution in [0.3, 0.4) is 0 Å². The highest BCUT2D eigenvalue weighted by atomic mass is 16.5. The summed E-state index contributed by atoms with van der Waals surface area (Å²) in [4.78, 5) is 13.5. The Kier molecular flexibility index (Phi) is 5.80. The van der Waals surface area contributed by atoms with E-state index >= 15 is 0 Å². The van der Waals surface area contributed by atoms with E-state index in [4.69, 9.17) is 18.9 Å². The molecule has 2 aromatic rings. The lowest BCUT2D eigenvalue weighted by Gasteiger charge is -2.32. The van der Waals surface area contributed by atoms with Gasteiger partial charge in [-0.1, -0.05) is 26.0 Å². The molecule has 2 aliphatic rings. The highest BCUT2D eigenvalue weighted by Crippen LogP contribution is 2.65. The van der Waals surface area contributed by atoms with Crippen LogP contribution in [0.1, 0.15) is 32.3 Å². The first-order chi connectivity index (χ1) is 14.9. The summed E-state index contributed by atoms with van der Waals surface area (Å²) in [6, 6.07) is 15.2. The van der Waals surface area contributed by atoms with Crippen LogP contribution in [-0.2, 0) is 16.1 Å². The predicted octanol–water partition coefficient (Wildman–Crippen LogP) is 5.19. The molecule has 0 radical (unpaired) electrons. The summed E-state index contributed by atoms with van der Waals surface area (Å²) >= 11 is 0. The third-order valence-electron chi connectivity index (χ3n) is 7.19. The van der Waals surface area contributed by atoms with Crippen molar-refractivity contribution in [3.05, 3.63) is 66.4 Å². The van der Waals surface area contributed by atoms with Crippen molar-refractivity contribution in [1.82, 2.24) is 0 Å². The predicted molar refractivity (Wildman–Crippen MR) is 118 cm³/mol. The van der Waals surface area contributed by atoms with Crippen LogP contribution >= 0.6 is 0 Å². The number of ketones is 1. The van der Waals surface area contributed by atoms with Crippen LogP contribution in [0.25, 0.3) is 0 Å². The molecule has 2 unspecified atom stereocenters. The number of benzene rings is 2.